The molecule has 1 N–H and O–H groups in total. The lowest BCUT2D eigenvalue weighted by Gasteiger charge is -2.60. The maximum absolute atomic E-state index is 10.1. The van der Waals surface area contributed by atoms with Gasteiger partial charge in [0.2, 0.25) is 0 Å². The van der Waals surface area contributed by atoms with Crippen LogP contribution < -0.4 is 0 Å². The molecule has 4 aliphatic rings. The highest BCUT2D eigenvalue weighted by Crippen LogP contribution is 2.67. The Bertz CT molecular complexity index is 418. The number of fused-ring (bicyclic) bond motifs is 5. The molecular weight excluding hydrogens is 256 g/mol. The van der Waals surface area contributed by atoms with Crippen molar-refractivity contribution in [2.24, 2.45) is 40.4 Å². The van der Waals surface area contributed by atoms with Crippen LogP contribution in [-0.4, -0.2) is 11.2 Å². The van der Waals surface area contributed by atoms with Gasteiger partial charge in [-0.2, -0.15) is 0 Å². The van der Waals surface area contributed by atoms with Gasteiger partial charge in [-0.1, -0.05) is 20.8 Å². The van der Waals surface area contributed by atoms with Crippen molar-refractivity contribution in [3.63, 3.8) is 0 Å². The summed E-state index contributed by atoms with van der Waals surface area (Å²) in [6, 6.07) is 0. The predicted octanol–water partition coefficient (Wildman–Crippen LogP) is 5.03. The van der Waals surface area contributed by atoms with Crippen molar-refractivity contribution in [2.45, 2.75) is 84.7 Å². The van der Waals surface area contributed by atoms with Crippen LogP contribution in [-0.2, 0) is 0 Å². The van der Waals surface area contributed by atoms with Crippen LogP contribution in [0, 0.1) is 40.4 Å². The standard InChI is InChI=1S/C20H34O/c1-13-4-7-17-16-6-5-14-12-15(21)8-10-20(14,3)18(16)9-11-19(13,17)2/h13-18,21H,4-12H2,1-3H3/t13?,14?,15-,16+,17?,18?,19-,20+/m1/s1. The summed E-state index contributed by atoms with van der Waals surface area (Å²) in [5, 5.41) is 10.1. The molecule has 0 saturated heterocycles. The Balaban J connectivity index is 1.62. The van der Waals surface area contributed by atoms with E-state index in [4.69, 9.17) is 0 Å². The third kappa shape index (κ3) is 1.92. The highest BCUT2D eigenvalue weighted by Gasteiger charge is 2.59. The molecule has 4 aliphatic carbocycles. The van der Waals surface area contributed by atoms with Crippen LogP contribution in [0.2, 0.25) is 0 Å². The van der Waals surface area contributed by atoms with Crippen molar-refractivity contribution in [3.8, 4) is 0 Å². The fourth-order valence-corrected chi connectivity index (χ4v) is 7.50. The molecule has 1 heteroatoms. The molecule has 4 fully saturated rings. The van der Waals surface area contributed by atoms with Gasteiger partial charge in [0.15, 0.2) is 0 Å². The van der Waals surface area contributed by atoms with E-state index in [1.54, 1.807) is 0 Å². The Morgan fingerprint density at radius 2 is 1.52 bits per heavy atom. The van der Waals surface area contributed by atoms with Gasteiger partial charge in [0, 0.05) is 0 Å². The van der Waals surface area contributed by atoms with Crippen molar-refractivity contribution in [2.75, 3.05) is 0 Å². The average Bonchev–Trinajstić information content (AvgIpc) is 2.76. The third-order valence-corrected chi connectivity index (χ3v) is 9.11. The van der Waals surface area contributed by atoms with Gasteiger partial charge >= 0.3 is 0 Å². The summed E-state index contributed by atoms with van der Waals surface area (Å²) in [6.07, 6.45) is 12.2. The molecule has 0 aromatic carbocycles. The summed E-state index contributed by atoms with van der Waals surface area (Å²) < 4.78 is 0. The van der Waals surface area contributed by atoms with E-state index in [0.29, 0.717) is 10.8 Å². The van der Waals surface area contributed by atoms with Crippen LogP contribution in [0.25, 0.3) is 0 Å². The molecule has 0 aliphatic heterocycles. The minimum Gasteiger partial charge on any atom is -0.393 e. The SMILES string of the molecule is CC1CCC2[C@@H]3CCC4C[C@H](O)CC[C@]4(C)C3CC[C@]12C. The summed E-state index contributed by atoms with van der Waals surface area (Å²) in [6.45, 7) is 7.73. The molecule has 1 nitrogen and oxygen atoms in total. The Morgan fingerprint density at radius 1 is 0.810 bits per heavy atom. The molecule has 0 aromatic heterocycles. The highest BCUT2D eigenvalue weighted by atomic mass is 16.3. The minimum absolute atomic E-state index is 0.0000147. The van der Waals surface area contributed by atoms with E-state index in [1.165, 1.54) is 44.9 Å². The Kier molecular flexibility index (Phi) is 3.27. The van der Waals surface area contributed by atoms with Gasteiger partial charge in [-0.15, -0.1) is 0 Å². The van der Waals surface area contributed by atoms with Crippen LogP contribution in [0.4, 0.5) is 0 Å². The Hall–Kier alpha value is -0.0400. The molecule has 8 atom stereocenters. The summed E-state index contributed by atoms with van der Waals surface area (Å²) in [5.41, 5.74) is 1.20. The maximum atomic E-state index is 10.1. The normalized spacial score (nSPS) is 60.0. The monoisotopic (exact) mass is 290 g/mol. The zero-order chi connectivity index (χ0) is 14.8. The number of hydrogen-bond acceptors (Lipinski definition) is 1. The van der Waals surface area contributed by atoms with E-state index in [9.17, 15) is 5.11 Å². The largest absolute Gasteiger partial charge is 0.393 e. The first-order valence-electron chi connectivity index (χ1n) is 9.63. The second-order valence-corrected chi connectivity index (χ2v) is 9.61. The van der Waals surface area contributed by atoms with Crippen LogP contribution >= 0.6 is 0 Å². The summed E-state index contributed by atoms with van der Waals surface area (Å²) in [4.78, 5) is 0. The third-order valence-electron chi connectivity index (χ3n) is 9.11. The van der Waals surface area contributed by atoms with E-state index >= 15 is 0 Å². The molecule has 0 spiro atoms. The minimum atomic E-state index is -0.0000147. The summed E-state index contributed by atoms with van der Waals surface area (Å²) in [7, 11) is 0. The van der Waals surface area contributed by atoms with Crippen molar-refractivity contribution < 1.29 is 5.11 Å². The van der Waals surface area contributed by atoms with Gasteiger partial charge in [-0.3, -0.25) is 0 Å². The first-order valence-corrected chi connectivity index (χ1v) is 9.63. The fraction of sp³-hybridized carbons (Fsp3) is 1.00. The second kappa shape index (κ2) is 4.73. The molecule has 0 bridgehead atoms. The Labute approximate surface area is 130 Å². The molecule has 0 heterocycles. The molecule has 4 rings (SSSR count). The van der Waals surface area contributed by atoms with Crippen molar-refractivity contribution in [1.29, 1.82) is 0 Å². The molecule has 0 amide bonds. The van der Waals surface area contributed by atoms with Crippen molar-refractivity contribution in [1.82, 2.24) is 0 Å². The zero-order valence-electron chi connectivity index (χ0n) is 14.3. The van der Waals surface area contributed by atoms with Crippen molar-refractivity contribution in [3.05, 3.63) is 0 Å². The van der Waals surface area contributed by atoms with Crippen LogP contribution in [0.5, 0.6) is 0 Å². The average molecular weight is 290 g/mol. The molecule has 0 radical (unpaired) electrons. The van der Waals surface area contributed by atoms with Gasteiger partial charge in [-0.05, 0) is 98.2 Å². The molecule has 0 aromatic rings. The van der Waals surface area contributed by atoms with Crippen LogP contribution in [0.1, 0.15) is 78.6 Å². The number of hydrogen-bond donors (Lipinski definition) is 1. The van der Waals surface area contributed by atoms with Gasteiger partial charge in [0.25, 0.3) is 0 Å². The Morgan fingerprint density at radius 3 is 2.33 bits per heavy atom. The first kappa shape index (κ1) is 14.5. The van der Waals surface area contributed by atoms with Crippen LogP contribution in [0.15, 0.2) is 0 Å². The van der Waals surface area contributed by atoms with E-state index in [-0.39, 0.29) is 6.10 Å². The summed E-state index contributed by atoms with van der Waals surface area (Å²) in [5.74, 6) is 4.74. The smallest absolute Gasteiger partial charge is 0.0543 e. The van der Waals surface area contributed by atoms with E-state index in [0.717, 1.165) is 42.4 Å². The van der Waals surface area contributed by atoms with Gasteiger partial charge in [-0.25, -0.2) is 0 Å². The first-order chi connectivity index (χ1) is 9.95. The zero-order valence-corrected chi connectivity index (χ0v) is 14.3. The predicted molar refractivity (Wildman–Crippen MR) is 86.9 cm³/mol. The van der Waals surface area contributed by atoms with Crippen LogP contribution in [0.3, 0.4) is 0 Å². The van der Waals surface area contributed by atoms with Crippen molar-refractivity contribution >= 4 is 0 Å². The number of aliphatic hydroxyl groups excluding tert-OH is 1. The molecule has 4 saturated carbocycles. The van der Waals surface area contributed by atoms with Gasteiger partial charge in [0.1, 0.15) is 0 Å². The molecular formula is C20H34O. The summed E-state index contributed by atoms with van der Waals surface area (Å²) >= 11 is 0. The number of rotatable bonds is 0. The quantitative estimate of drug-likeness (QED) is 0.663. The number of aliphatic hydroxyl groups is 1. The molecule has 120 valence electrons. The molecule has 21 heavy (non-hydrogen) atoms. The lowest BCUT2D eigenvalue weighted by molar-refractivity contribution is -0.125. The molecule has 4 unspecified atom stereocenters. The second-order valence-electron chi connectivity index (χ2n) is 9.61. The van der Waals surface area contributed by atoms with E-state index < -0.39 is 0 Å². The van der Waals surface area contributed by atoms with E-state index in [2.05, 4.69) is 20.8 Å². The van der Waals surface area contributed by atoms with Gasteiger partial charge in [0.05, 0.1) is 6.10 Å². The maximum Gasteiger partial charge on any atom is 0.0543 e. The highest BCUT2D eigenvalue weighted by molar-refractivity contribution is 5.08. The van der Waals surface area contributed by atoms with Gasteiger partial charge < -0.3 is 5.11 Å². The lowest BCUT2D eigenvalue weighted by atomic mass is 9.45. The topological polar surface area (TPSA) is 20.2 Å². The van der Waals surface area contributed by atoms with E-state index in [1.807, 2.05) is 0 Å². The lowest BCUT2D eigenvalue weighted by Crippen LogP contribution is -2.53. The fourth-order valence-electron chi connectivity index (χ4n) is 7.50.